The summed E-state index contributed by atoms with van der Waals surface area (Å²) in [5.41, 5.74) is -0.815. The highest BCUT2D eigenvalue weighted by Crippen LogP contribution is 2.20. The Hall–Kier alpha value is -1.13. The summed E-state index contributed by atoms with van der Waals surface area (Å²) in [5.74, 6) is 0. The normalized spacial score (nSPS) is 21.3. The van der Waals surface area contributed by atoms with Crippen LogP contribution in [-0.4, -0.2) is 20.5 Å². The van der Waals surface area contributed by atoms with Gasteiger partial charge in [0.15, 0.2) is 5.44 Å². The average Bonchev–Trinajstić information content (AvgIpc) is 2.72. The van der Waals surface area contributed by atoms with Crippen LogP contribution in [0.25, 0.3) is 0 Å². The predicted molar refractivity (Wildman–Crippen MR) is 52.5 cm³/mol. The van der Waals surface area contributed by atoms with Gasteiger partial charge in [0.25, 0.3) is 0 Å². The van der Waals surface area contributed by atoms with Crippen molar-refractivity contribution in [2.24, 2.45) is 0 Å². The molecule has 1 aromatic rings. The Morgan fingerprint density at radius 2 is 1.93 bits per heavy atom. The Morgan fingerprint density at radius 3 is 2.50 bits per heavy atom. The molecule has 1 aliphatic heterocycles. The molecule has 1 aromatic carbocycles. The van der Waals surface area contributed by atoms with Gasteiger partial charge in [-0.1, -0.05) is 24.3 Å². The van der Waals surface area contributed by atoms with Crippen LogP contribution in [0.3, 0.4) is 0 Å². The first-order valence-electron chi connectivity index (χ1n) is 4.28. The Labute approximate surface area is 82.9 Å². The van der Waals surface area contributed by atoms with Crippen LogP contribution in [0.4, 0.5) is 0 Å². The fourth-order valence-electron chi connectivity index (χ4n) is 1.31. The minimum Gasteiger partial charge on any atom is -0.354 e. The van der Waals surface area contributed by atoms with E-state index in [9.17, 15) is 8.42 Å². The zero-order chi connectivity index (χ0) is 10.0. The number of ether oxygens (including phenoxy) is 1. The SMILES string of the molecule is O=S(=O)(c1ccccc1)C1C=CCO1. The van der Waals surface area contributed by atoms with Crippen LogP contribution < -0.4 is 0 Å². The second-order valence-corrected chi connectivity index (χ2v) is 5.01. The van der Waals surface area contributed by atoms with Crippen LogP contribution in [0.2, 0.25) is 0 Å². The van der Waals surface area contributed by atoms with Gasteiger partial charge < -0.3 is 4.74 Å². The Bertz CT molecular complexity index is 434. The first-order valence-corrected chi connectivity index (χ1v) is 5.83. The molecule has 74 valence electrons. The van der Waals surface area contributed by atoms with Crippen molar-refractivity contribution < 1.29 is 13.2 Å². The summed E-state index contributed by atoms with van der Waals surface area (Å²) < 4.78 is 28.8. The number of hydrogen-bond acceptors (Lipinski definition) is 3. The molecule has 4 heteroatoms. The third-order valence-corrected chi connectivity index (χ3v) is 3.86. The second-order valence-electron chi connectivity index (χ2n) is 2.99. The van der Waals surface area contributed by atoms with Gasteiger partial charge >= 0.3 is 0 Å². The van der Waals surface area contributed by atoms with Gasteiger partial charge in [-0.15, -0.1) is 0 Å². The van der Waals surface area contributed by atoms with Gasteiger partial charge in [-0.25, -0.2) is 8.42 Å². The molecule has 0 saturated carbocycles. The van der Waals surface area contributed by atoms with E-state index in [0.29, 0.717) is 11.5 Å². The van der Waals surface area contributed by atoms with E-state index in [2.05, 4.69) is 0 Å². The lowest BCUT2D eigenvalue weighted by molar-refractivity contribution is 0.180. The van der Waals surface area contributed by atoms with Gasteiger partial charge in [0.2, 0.25) is 9.84 Å². The molecule has 0 radical (unpaired) electrons. The van der Waals surface area contributed by atoms with Crippen molar-refractivity contribution in [1.29, 1.82) is 0 Å². The van der Waals surface area contributed by atoms with Gasteiger partial charge in [-0.3, -0.25) is 0 Å². The largest absolute Gasteiger partial charge is 0.354 e. The number of sulfone groups is 1. The van der Waals surface area contributed by atoms with Gasteiger partial charge in [0, 0.05) is 0 Å². The zero-order valence-electron chi connectivity index (χ0n) is 7.46. The van der Waals surface area contributed by atoms with Crippen molar-refractivity contribution in [3.63, 3.8) is 0 Å². The lowest BCUT2D eigenvalue weighted by atomic mass is 10.4. The van der Waals surface area contributed by atoms with E-state index in [-0.39, 0.29) is 0 Å². The van der Waals surface area contributed by atoms with Crippen molar-refractivity contribution >= 4 is 9.84 Å². The molecule has 3 nitrogen and oxygen atoms in total. The molecule has 0 N–H and O–H groups in total. The molecule has 0 aromatic heterocycles. The molecule has 14 heavy (non-hydrogen) atoms. The van der Waals surface area contributed by atoms with Crippen LogP contribution in [-0.2, 0) is 14.6 Å². The molecule has 1 atom stereocenters. The Morgan fingerprint density at radius 1 is 1.21 bits per heavy atom. The Balaban J connectivity index is 2.38. The number of rotatable bonds is 2. The van der Waals surface area contributed by atoms with Crippen LogP contribution in [0.5, 0.6) is 0 Å². The lowest BCUT2D eigenvalue weighted by Gasteiger charge is -2.09. The van der Waals surface area contributed by atoms with Crippen LogP contribution >= 0.6 is 0 Å². The monoisotopic (exact) mass is 210 g/mol. The van der Waals surface area contributed by atoms with E-state index in [4.69, 9.17) is 4.74 Å². The molecule has 1 unspecified atom stereocenters. The van der Waals surface area contributed by atoms with E-state index < -0.39 is 15.3 Å². The fraction of sp³-hybridized carbons (Fsp3) is 0.200. The van der Waals surface area contributed by atoms with Gasteiger partial charge in [-0.2, -0.15) is 0 Å². The smallest absolute Gasteiger partial charge is 0.208 e. The lowest BCUT2D eigenvalue weighted by Crippen LogP contribution is -2.19. The van der Waals surface area contributed by atoms with Crippen molar-refractivity contribution in [3.05, 3.63) is 42.5 Å². The van der Waals surface area contributed by atoms with E-state index >= 15 is 0 Å². The highest BCUT2D eigenvalue weighted by molar-refractivity contribution is 7.92. The van der Waals surface area contributed by atoms with E-state index in [1.54, 1.807) is 42.5 Å². The maximum atomic E-state index is 11.9. The standard InChI is InChI=1S/C10H10O3S/c11-14(12,10-7-4-8-13-10)9-5-2-1-3-6-9/h1-7,10H,8H2. The van der Waals surface area contributed by atoms with E-state index in [1.807, 2.05) is 0 Å². The van der Waals surface area contributed by atoms with Gasteiger partial charge in [0.05, 0.1) is 11.5 Å². The first-order chi connectivity index (χ1) is 6.71. The second kappa shape index (κ2) is 3.55. The fourth-order valence-corrected chi connectivity index (χ4v) is 2.69. The van der Waals surface area contributed by atoms with Crippen LogP contribution in [0.1, 0.15) is 0 Å². The summed E-state index contributed by atoms with van der Waals surface area (Å²) in [4.78, 5) is 0.302. The first kappa shape index (κ1) is 9.43. The van der Waals surface area contributed by atoms with Crippen molar-refractivity contribution in [3.8, 4) is 0 Å². The highest BCUT2D eigenvalue weighted by Gasteiger charge is 2.27. The molecule has 2 rings (SSSR count). The maximum absolute atomic E-state index is 11.9. The van der Waals surface area contributed by atoms with E-state index in [0.717, 1.165) is 0 Å². The topological polar surface area (TPSA) is 43.4 Å². The van der Waals surface area contributed by atoms with Crippen molar-refractivity contribution in [2.45, 2.75) is 10.3 Å². The summed E-state index contributed by atoms with van der Waals surface area (Å²) in [5, 5.41) is 0. The summed E-state index contributed by atoms with van der Waals surface area (Å²) >= 11 is 0. The zero-order valence-corrected chi connectivity index (χ0v) is 8.28. The predicted octanol–water partition coefficient (Wildman–Crippen LogP) is 1.37. The molecule has 0 saturated heterocycles. The molecule has 1 aliphatic rings. The van der Waals surface area contributed by atoms with Crippen molar-refractivity contribution in [2.75, 3.05) is 6.61 Å². The summed E-state index contributed by atoms with van der Waals surface area (Å²) in [6.45, 7) is 0.372. The van der Waals surface area contributed by atoms with Crippen LogP contribution in [0.15, 0.2) is 47.4 Å². The maximum Gasteiger partial charge on any atom is 0.208 e. The third-order valence-electron chi connectivity index (χ3n) is 2.03. The van der Waals surface area contributed by atoms with Gasteiger partial charge in [-0.05, 0) is 18.2 Å². The number of hydrogen-bond donors (Lipinski definition) is 0. The molecule has 1 heterocycles. The summed E-state index contributed by atoms with van der Waals surface area (Å²) in [7, 11) is -3.35. The molecule has 0 spiro atoms. The van der Waals surface area contributed by atoms with E-state index in [1.165, 1.54) is 0 Å². The quantitative estimate of drug-likeness (QED) is 0.692. The molecular formula is C10H10O3S. The molecule has 0 aliphatic carbocycles. The summed E-state index contributed by atoms with van der Waals surface area (Å²) in [6.07, 6.45) is 3.29. The van der Waals surface area contributed by atoms with Crippen molar-refractivity contribution in [1.82, 2.24) is 0 Å². The minimum atomic E-state index is -3.35. The minimum absolute atomic E-state index is 0.302. The van der Waals surface area contributed by atoms with Crippen LogP contribution in [0, 0.1) is 0 Å². The highest BCUT2D eigenvalue weighted by atomic mass is 32.2. The Kier molecular flexibility index (Phi) is 2.39. The number of benzene rings is 1. The molecular weight excluding hydrogens is 200 g/mol. The molecule has 0 amide bonds. The summed E-state index contributed by atoms with van der Waals surface area (Å²) in [6, 6.07) is 8.33. The third kappa shape index (κ3) is 1.58. The van der Waals surface area contributed by atoms with Gasteiger partial charge in [0.1, 0.15) is 0 Å². The molecule has 0 bridgehead atoms. The average molecular weight is 210 g/mol. The molecule has 0 fully saturated rings.